The van der Waals surface area contributed by atoms with Gasteiger partial charge in [-0.3, -0.25) is 9.59 Å². The molecule has 0 saturated heterocycles. The Morgan fingerprint density at radius 1 is 0.892 bits per heavy atom. The van der Waals surface area contributed by atoms with Crippen LogP contribution in [0.4, 0.5) is 0 Å². The van der Waals surface area contributed by atoms with Crippen molar-refractivity contribution in [3.63, 3.8) is 0 Å². The quantitative estimate of drug-likeness (QED) is 0.246. The number of benzene rings is 3. The van der Waals surface area contributed by atoms with Crippen LogP contribution in [0.15, 0.2) is 72.8 Å². The summed E-state index contributed by atoms with van der Waals surface area (Å²) in [6.45, 7) is 4.84. The van der Waals surface area contributed by atoms with E-state index in [0.29, 0.717) is 33.8 Å². The van der Waals surface area contributed by atoms with E-state index >= 15 is 0 Å². The molecule has 0 aromatic heterocycles. The third-order valence-electron chi connectivity index (χ3n) is 5.75. The molecule has 3 aromatic rings. The third-order valence-corrected chi connectivity index (χ3v) is 7.67. The molecule has 0 aliphatic heterocycles. The van der Waals surface area contributed by atoms with Crippen LogP contribution in [-0.4, -0.2) is 35.1 Å². The van der Waals surface area contributed by atoms with Crippen LogP contribution in [0.3, 0.4) is 0 Å². The second kappa shape index (κ2) is 14.7. The Labute approximate surface area is 238 Å². The average Bonchev–Trinajstić information content (AvgIpc) is 2.87. The smallest absolute Gasteiger partial charge is 0.243 e. The fourth-order valence-electron chi connectivity index (χ4n) is 3.76. The van der Waals surface area contributed by atoms with Gasteiger partial charge < -0.3 is 10.2 Å². The molecule has 0 spiro atoms. The van der Waals surface area contributed by atoms with Crippen molar-refractivity contribution in [3.8, 4) is 0 Å². The maximum atomic E-state index is 13.7. The van der Waals surface area contributed by atoms with E-state index in [-0.39, 0.29) is 30.0 Å². The van der Waals surface area contributed by atoms with E-state index in [1.807, 2.05) is 68.4 Å². The molecule has 0 aliphatic rings. The Bertz CT molecular complexity index is 1190. The van der Waals surface area contributed by atoms with Gasteiger partial charge in [-0.15, -0.1) is 11.8 Å². The van der Waals surface area contributed by atoms with E-state index in [0.717, 1.165) is 16.7 Å². The Hall–Kier alpha value is -2.18. The number of rotatable bonds is 12. The first-order chi connectivity index (χ1) is 17.7. The van der Waals surface area contributed by atoms with Gasteiger partial charge in [0.25, 0.3) is 0 Å². The zero-order chi connectivity index (χ0) is 26.8. The summed E-state index contributed by atoms with van der Waals surface area (Å²) < 4.78 is 0. The SMILES string of the molecule is CC(C)CNC(=O)[C@H](Cc1ccccc1)N(Cc1ccccc1Cl)C(=O)CSCc1ccc(Cl)cc1Cl. The van der Waals surface area contributed by atoms with Crippen LogP contribution in [0.25, 0.3) is 0 Å². The van der Waals surface area contributed by atoms with Gasteiger partial charge in [0, 0.05) is 40.3 Å². The summed E-state index contributed by atoms with van der Waals surface area (Å²) in [7, 11) is 0. The van der Waals surface area contributed by atoms with Gasteiger partial charge in [-0.2, -0.15) is 0 Å². The zero-order valence-electron chi connectivity index (χ0n) is 20.9. The van der Waals surface area contributed by atoms with Crippen molar-refractivity contribution >= 4 is 58.4 Å². The molecule has 3 rings (SSSR count). The molecular weight excluding hydrogens is 547 g/mol. The molecule has 196 valence electrons. The molecular formula is C29H31Cl3N2O2S. The first-order valence-electron chi connectivity index (χ1n) is 12.1. The van der Waals surface area contributed by atoms with E-state index in [9.17, 15) is 9.59 Å². The van der Waals surface area contributed by atoms with Crippen LogP contribution < -0.4 is 5.32 Å². The Balaban J connectivity index is 1.86. The van der Waals surface area contributed by atoms with Crippen LogP contribution in [0.2, 0.25) is 15.1 Å². The number of carbonyl (C=O) groups is 2. The van der Waals surface area contributed by atoms with Gasteiger partial charge in [0.1, 0.15) is 6.04 Å². The molecule has 0 aliphatic carbocycles. The second-order valence-corrected chi connectivity index (χ2v) is 11.4. The number of thioether (sulfide) groups is 1. The maximum absolute atomic E-state index is 13.7. The van der Waals surface area contributed by atoms with Crippen molar-refractivity contribution < 1.29 is 9.59 Å². The monoisotopic (exact) mass is 576 g/mol. The molecule has 0 unspecified atom stereocenters. The lowest BCUT2D eigenvalue weighted by atomic mass is 10.0. The van der Waals surface area contributed by atoms with E-state index in [1.54, 1.807) is 23.1 Å². The summed E-state index contributed by atoms with van der Waals surface area (Å²) in [4.78, 5) is 28.8. The fourth-order valence-corrected chi connectivity index (χ4v) is 5.42. The number of hydrogen-bond donors (Lipinski definition) is 1. The van der Waals surface area contributed by atoms with Gasteiger partial charge in [-0.05, 0) is 40.8 Å². The number of amides is 2. The third kappa shape index (κ3) is 9.26. The Morgan fingerprint density at radius 3 is 2.27 bits per heavy atom. The van der Waals surface area contributed by atoms with Gasteiger partial charge in [-0.1, -0.05) is 103 Å². The summed E-state index contributed by atoms with van der Waals surface area (Å²) in [5.41, 5.74) is 2.67. The second-order valence-electron chi connectivity index (χ2n) is 9.19. The van der Waals surface area contributed by atoms with Crippen molar-refractivity contribution in [1.82, 2.24) is 10.2 Å². The first-order valence-corrected chi connectivity index (χ1v) is 14.4. The Kier molecular flexibility index (Phi) is 11.7. The molecule has 37 heavy (non-hydrogen) atoms. The minimum atomic E-state index is -0.690. The summed E-state index contributed by atoms with van der Waals surface area (Å²) in [5, 5.41) is 4.72. The highest BCUT2D eigenvalue weighted by Crippen LogP contribution is 2.26. The largest absolute Gasteiger partial charge is 0.354 e. The van der Waals surface area contributed by atoms with E-state index < -0.39 is 6.04 Å². The molecule has 0 bridgehead atoms. The van der Waals surface area contributed by atoms with E-state index in [4.69, 9.17) is 34.8 Å². The van der Waals surface area contributed by atoms with Gasteiger partial charge >= 0.3 is 0 Å². The lowest BCUT2D eigenvalue weighted by Gasteiger charge is -2.32. The van der Waals surface area contributed by atoms with Gasteiger partial charge in [0.15, 0.2) is 0 Å². The van der Waals surface area contributed by atoms with E-state index in [1.165, 1.54) is 11.8 Å². The molecule has 0 heterocycles. The van der Waals surface area contributed by atoms with Crippen LogP contribution >= 0.6 is 46.6 Å². The molecule has 1 N–H and O–H groups in total. The molecule has 0 saturated carbocycles. The van der Waals surface area contributed by atoms with Crippen molar-refractivity contribution in [3.05, 3.63) is 105 Å². The van der Waals surface area contributed by atoms with Crippen molar-refractivity contribution in [2.45, 2.75) is 38.6 Å². The highest BCUT2D eigenvalue weighted by Gasteiger charge is 2.30. The van der Waals surface area contributed by atoms with Crippen LogP contribution in [0, 0.1) is 5.92 Å². The van der Waals surface area contributed by atoms with Crippen LogP contribution in [0.5, 0.6) is 0 Å². The summed E-state index contributed by atoms with van der Waals surface area (Å²) >= 11 is 20.2. The Morgan fingerprint density at radius 2 is 1.59 bits per heavy atom. The molecule has 2 amide bonds. The molecule has 8 heteroatoms. The summed E-state index contributed by atoms with van der Waals surface area (Å²) in [6.07, 6.45) is 0.397. The van der Waals surface area contributed by atoms with Crippen LogP contribution in [0.1, 0.15) is 30.5 Å². The van der Waals surface area contributed by atoms with Crippen molar-refractivity contribution in [2.24, 2.45) is 5.92 Å². The minimum absolute atomic E-state index is 0.143. The highest BCUT2D eigenvalue weighted by molar-refractivity contribution is 7.99. The maximum Gasteiger partial charge on any atom is 0.243 e. The molecule has 1 atom stereocenters. The number of carbonyl (C=O) groups excluding carboxylic acids is 2. The predicted molar refractivity (Wildman–Crippen MR) is 156 cm³/mol. The van der Waals surface area contributed by atoms with Crippen molar-refractivity contribution in [2.75, 3.05) is 12.3 Å². The minimum Gasteiger partial charge on any atom is -0.354 e. The predicted octanol–water partition coefficient (Wildman–Crippen LogP) is 7.29. The lowest BCUT2D eigenvalue weighted by molar-refractivity contribution is -0.139. The zero-order valence-corrected chi connectivity index (χ0v) is 24.0. The standard InChI is InChI=1S/C29H31Cl3N2O2S/c1-20(2)16-33-29(36)27(14-21-8-4-3-5-9-21)34(17-22-10-6-7-11-25(22)31)28(35)19-37-18-23-12-13-24(30)15-26(23)32/h3-13,15,20,27H,14,16-19H2,1-2H3,(H,33,36)/t27-/m0/s1. The number of nitrogens with zero attached hydrogens (tertiary/aromatic N) is 1. The van der Waals surface area contributed by atoms with Crippen LogP contribution in [-0.2, 0) is 28.3 Å². The number of halogens is 3. The lowest BCUT2D eigenvalue weighted by Crippen LogP contribution is -2.51. The highest BCUT2D eigenvalue weighted by atomic mass is 35.5. The summed E-state index contributed by atoms with van der Waals surface area (Å²) in [5.74, 6) is 0.699. The first kappa shape index (κ1) is 29.4. The van der Waals surface area contributed by atoms with Gasteiger partial charge in [0.2, 0.25) is 11.8 Å². The number of nitrogens with one attached hydrogen (secondary N) is 1. The fraction of sp³-hybridized carbons (Fsp3) is 0.310. The summed E-state index contributed by atoms with van der Waals surface area (Å²) in [6, 6.07) is 21.8. The van der Waals surface area contributed by atoms with E-state index in [2.05, 4.69) is 5.32 Å². The molecule has 0 fully saturated rings. The average molecular weight is 578 g/mol. The molecule has 4 nitrogen and oxygen atoms in total. The molecule has 3 aromatic carbocycles. The molecule has 0 radical (unpaired) electrons. The van der Waals surface area contributed by atoms with Gasteiger partial charge in [-0.25, -0.2) is 0 Å². The topological polar surface area (TPSA) is 49.4 Å². The number of hydrogen-bond acceptors (Lipinski definition) is 3. The van der Waals surface area contributed by atoms with Crippen molar-refractivity contribution in [1.29, 1.82) is 0 Å². The van der Waals surface area contributed by atoms with Gasteiger partial charge in [0.05, 0.1) is 5.75 Å². The normalized spacial score (nSPS) is 11.8.